The fourth-order valence-corrected chi connectivity index (χ4v) is 8.13. The van der Waals surface area contributed by atoms with Crippen LogP contribution >= 0.6 is 11.3 Å². The number of hydrogen-bond acceptors (Lipinski definition) is 9. The molecule has 13 heteroatoms. The first-order valence-corrected chi connectivity index (χ1v) is 14.0. The van der Waals surface area contributed by atoms with E-state index in [0.29, 0.717) is 36.5 Å². The highest BCUT2D eigenvalue weighted by Crippen LogP contribution is 2.40. The second-order valence-electron chi connectivity index (χ2n) is 7.44. The van der Waals surface area contributed by atoms with Crippen molar-refractivity contribution in [2.45, 2.75) is 34.7 Å². The molecule has 1 atom stereocenters. The second-order valence-corrected chi connectivity index (χ2v) is 12.5. The van der Waals surface area contributed by atoms with Gasteiger partial charge in [-0.25, -0.2) is 26.4 Å². The maximum atomic E-state index is 13.1. The molecule has 1 aliphatic heterocycles. The van der Waals surface area contributed by atoms with Crippen LogP contribution < -0.4 is 14.8 Å². The number of ether oxygens (including phenoxy) is 2. The molecule has 2 N–H and O–H groups in total. The lowest BCUT2D eigenvalue weighted by Gasteiger charge is -2.32. The van der Waals surface area contributed by atoms with Crippen LogP contribution in [0.5, 0.6) is 5.75 Å². The van der Waals surface area contributed by atoms with Gasteiger partial charge in [0.15, 0.2) is 0 Å². The lowest BCUT2D eigenvalue weighted by Crippen LogP contribution is -2.43. The molecular weight excluding hydrogens is 490 g/mol. The Bertz CT molecular complexity index is 1190. The Balaban J connectivity index is 1.85. The molecule has 1 amide bonds. The summed E-state index contributed by atoms with van der Waals surface area (Å²) < 4.78 is 64.8. The molecule has 0 radical (unpaired) electrons. The molecule has 0 fully saturated rings. The first-order valence-electron chi connectivity index (χ1n) is 10.3. The smallest absolute Gasteiger partial charge is 0.410 e. The Hall–Kier alpha value is -2.03. The van der Waals surface area contributed by atoms with Crippen LogP contribution in [0.4, 0.5) is 4.79 Å². The SMILES string of the molecule is CCN[C@H]1CN(CCCOC)S(=O)(=O)c2sc(S(=O)(=O)NC(=O)Oc3ccc(C)cc3)cc21. The number of carbonyl (C=O) groups excluding carboxylic acids is 1. The number of nitrogens with zero attached hydrogens (tertiary/aromatic N) is 1. The topological polar surface area (TPSA) is 131 Å². The molecule has 0 aliphatic carbocycles. The maximum Gasteiger partial charge on any atom is 0.426 e. The van der Waals surface area contributed by atoms with Gasteiger partial charge >= 0.3 is 6.09 Å². The Kier molecular flexibility index (Phi) is 8.13. The molecule has 10 nitrogen and oxygen atoms in total. The second kappa shape index (κ2) is 10.5. The summed E-state index contributed by atoms with van der Waals surface area (Å²) in [5.41, 5.74) is 1.32. The van der Waals surface area contributed by atoms with E-state index in [9.17, 15) is 21.6 Å². The predicted octanol–water partition coefficient (Wildman–Crippen LogP) is 2.23. The van der Waals surface area contributed by atoms with Crippen molar-refractivity contribution in [3.63, 3.8) is 0 Å². The van der Waals surface area contributed by atoms with Gasteiger partial charge in [-0.15, -0.1) is 11.3 Å². The molecular formula is C20H27N3O7S3. The van der Waals surface area contributed by atoms with E-state index < -0.39 is 26.1 Å². The number of likely N-dealkylation sites (N-methyl/N-ethyl adjacent to an activating group) is 1. The zero-order valence-corrected chi connectivity index (χ0v) is 21.0. The zero-order valence-electron chi connectivity index (χ0n) is 18.5. The summed E-state index contributed by atoms with van der Waals surface area (Å²) in [4.78, 5) is 12.2. The van der Waals surface area contributed by atoms with Gasteiger partial charge in [0.05, 0.1) is 0 Å². The van der Waals surface area contributed by atoms with E-state index in [1.54, 1.807) is 12.1 Å². The van der Waals surface area contributed by atoms with Crippen molar-refractivity contribution in [1.29, 1.82) is 0 Å². The van der Waals surface area contributed by atoms with Gasteiger partial charge in [-0.1, -0.05) is 24.6 Å². The van der Waals surface area contributed by atoms with Gasteiger partial charge in [0.25, 0.3) is 20.0 Å². The molecule has 0 unspecified atom stereocenters. The van der Waals surface area contributed by atoms with Gasteiger partial charge < -0.3 is 14.8 Å². The Morgan fingerprint density at radius 3 is 2.61 bits per heavy atom. The van der Waals surface area contributed by atoms with Gasteiger partial charge in [-0.05, 0) is 38.1 Å². The van der Waals surface area contributed by atoms with E-state index in [1.165, 1.54) is 29.6 Å². The van der Waals surface area contributed by atoms with E-state index in [1.807, 2.05) is 18.6 Å². The van der Waals surface area contributed by atoms with Crippen molar-refractivity contribution < 1.29 is 31.1 Å². The molecule has 0 saturated carbocycles. The summed E-state index contributed by atoms with van der Waals surface area (Å²) in [7, 11) is -6.69. The van der Waals surface area contributed by atoms with Crippen molar-refractivity contribution in [1.82, 2.24) is 14.3 Å². The number of nitrogens with one attached hydrogen (secondary N) is 2. The number of amides is 1. The average molecular weight is 518 g/mol. The van der Waals surface area contributed by atoms with Gasteiger partial charge in [-0.2, -0.15) is 4.31 Å². The number of aryl methyl sites for hydroxylation is 1. The zero-order chi connectivity index (χ0) is 24.2. The first kappa shape index (κ1) is 25.6. The number of sulfonamides is 2. The number of rotatable bonds is 9. The average Bonchev–Trinajstić information content (AvgIpc) is 3.21. The standard InChI is InChI=1S/C20H27N3O7S3/c1-4-21-17-13-23(10-5-11-29-3)33(27,28)19-16(17)12-18(31-19)32(25,26)22-20(24)30-15-8-6-14(2)7-9-15/h6-9,12,17,21H,4-5,10-11,13H2,1-3H3,(H,22,24)/t17-/m0/s1. The molecule has 0 spiro atoms. The largest absolute Gasteiger partial charge is 0.426 e. The van der Waals surface area contributed by atoms with Crippen LogP contribution in [0.1, 0.15) is 30.5 Å². The van der Waals surface area contributed by atoms with Crippen molar-refractivity contribution in [2.75, 3.05) is 33.4 Å². The Morgan fingerprint density at radius 2 is 1.97 bits per heavy atom. The minimum atomic E-state index is -4.35. The maximum absolute atomic E-state index is 13.1. The number of thiophene rings is 1. The van der Waals surface area contributed by atoms with Crippen molar-refractivity contribution >= 4 is 37.5 Å². The van der Waals surface area contributed by atoms with E-state index in [2.05, 4.69) is 5.32 Å². The quantitative estimate of drug-likeness (QED) is 0.484. The van der Waals surface area contributed by atoms with E-state index >= 15 is 0 Å². The Morgan fingerprint density at radius 1 is 1.27 bits per heavy atom. The minimum Gasteiger partial charge on any atom is -0.410 e. The van der Waals surface area contributed by atoms with Gasteiger partial charge in [0.2, 0.25) is 0 Å². The lowest BCUT2D eigenvalue weighted by molar-refractivity contribution is 0.185. The summed E-state index contributed by atoms with van der Waals surface area (Å²) in [6.45, 7) is 5.13. The number of hydrogen-bond donors (Lipinski definition) is 2. The fourth-order valence-electron chi connectivity index (χ4n) is 3.37. The summed E-state index contributed by atoms with van der Waals surface area (Å²) in [6, 6.07) is 7.44. The van der Waals surface area contributed by atoms with Crippen LogP contribution in [-0.2, 0) is 24.8 Å². The fraction of sp³-hybridized carbons (Fsp3) is 0.450. The summed E-state index contributed by atoms with van der Waals surface area (Å²) >= 11 is 0.613. The number of benzene rings is 1. The lowest BCUT2D eigenvalue weighted by atomic mass is 10.1. The molecule has 1 aliphatic rings. The predicted molar refractivity (Wildman–Crippen MR) is 124 cm³/mol. The van der Waals surface area contributed by atoms with Crippen LogP contribution in [0.15, 0.2) is 38.8 Å². The molecule has 0 saturated heterocycles. The molecule has 2 aromatic rings. The molecule has 33 heavy (non-hydrogen) atoms. The summed E-state index contributed by atoms with van der Waals surface area (Å²) in [6.07, 6.45) is -0.676. The van der Waals surface area contributed by atoms with E-state index in [-0.39, 0.29) is 33.3 Å². The summed E-state index contributed by atoms with van der Waals surface area (Å²) in [5.74, 6) is 0.181. The highest BCUT2D eigenvalue weighted by Gasteiger charge is 2.40. The number of carbonyl (C=O) groups is 1. The molecule has 1 aromatic heterocycles. The third kappa shape index (κ3) is 5.91. The monoisotopic (exact) mass is 517 g/mol. The van der Waals surface area contributed by atoms with Gasteiger partial charge in [-0.3, -0.25) is 0 Å². The van der Waals surface area contributed by atoms with Crippen LogP contribution in [0.2, 0.25) is 0 Å². The first-order chi connectivity index (χ1) is 15.6. The highest BCUT2D eigenvalue weighted by molar-refractivity contribution is 7.94. The van der Waals surface area contributed by atoms with Gasteiger partial charge in [0.1, 0.15) is 14.2 Å². The Labute approximate surface area is 198 Å². The highest BCUT2D eigenvalue weighted by atomic mass is 32.3. The third-order valence-electron chi connectivity index (χ3n) is 4.96. The van der Waals surface area contributed by atoms with Gasteiger partial charge in [0, 0.05) is 38.4 Å². The van der Waals surface area contributed by atoms with Crippen molar-refractivity contribution in [3.8, 4) is 5.75 Å². The van der Waals surface area contributed by atoms with Crippen LogP contribution in [-0.4, -0.2) is 60.6 Å². The van der Waals surface area contributed by atoms with E-state index in [0.717, 1.165) is 5.56 Å². The number of methoxy groups -OCH3 is 1. The van der Waals surface area contributed by atoms with Crippen LogP contribution in [0.3, 0.4) is 0 Å². The molecule has 3 rings (SSSR count). The van der Waals surface area contributed by atoms with Crippen molar-refractivity contribution in [3.05, 3.63) is 41.5 Å². The van der Waals surface area contributed by atoms with E-state index in [4.69, 9.17) is 9.47 Å². The third-order valence-corrected chi connectivity index (χ3v) is 10.3. The molecule has 1 aromatic carbocycles. The molecule has 0 bridgehead atoms. The van der Waals surface area contributed by atoms with Crippen LogP contribution in [0, 0.1) is 6.92 Å². The van der Waals surface area contributed by atoms with Crippen molar-refractivity contribution in [2.24, 2.45) is 0 Å². The molecule has 182 valence electrons. The normalized spacial score (nSPS) is 18.0. The minimum absolute atomic E-state index is 0.0515. The summed E-state index contributed by atoms with van der Waals surface area (Å²) in [5, 5.41) is 3.20. The number of fused-ring (bicyclic) bond motifs is 1. The van der Waals surface area contributed by atoms with Crippen LogP contribution in [0.25, 0.3) is 0 Å². The molecule has 2 heterocycles.